The SMILES string of the molecule is Nc1scnc1-c1ccc(SC2CCCC2)cc1. The third-order valence-corrected chi connectivity index (χ3v) is 5.33. The van der Waals surface area contributed by atoms with Gasteiger partial charge in [-0.05, 0) is 25.0 Å². The van der Waals surface area contributed by atoms with Gasteiger partial charge in [-0.3, -0.25) is 0 Å². The fraction of sp³-hybridized carbons (Fsp3) is 0.357. The van der Waals surface area contributed by atoms with Crippen LogP contribution >= 0.6 is 23.1 Å². The highest BCUT2D eigenvalue weighted by Crippen LogP contribution is 2.36. The molecule has 1 aromatic carbocycles. The van der Waals surface area contributed by atoms with Gasteiger partial charge in [0.15, 0.2) is 0 Å². The van der Waals surface area contributed by atoms with Crippen LogP contribution in [0.5, 0.6) is 0 Å². The molecule has 1 aliphatic rings. The van der Waals surface area contributed by atoms with E-state index in [1.165, 1.54) is 41.9 Å². The summed E-state index contributed by atoms with van der Waals surface area (Å²) in [6.07, 6.45) is 5.52. The average Bonchev–Trinajstić information content (AvgIpc) is 3.02. The molecule has 2 aromatic rings. The maximum Gasteiger partial charge on any atom is 0.114 e. The number of nitrogens with two attached hydrogens (primary N) is 1. The van der Waals surface area contributed by atoms with E-state index < -0.39 is 0 Å². The summed E-state index contributed by atoms with van der Waals surface area (Å²) in [5.74, 6) is 0. The van der Waals surface area contributed by atoms with E-state index in [2.05, 4.69) is 29.2 Å². The van der Waals surface area contributed by atoms with Crippen LogP contribution in [0, 0.1) is 0 Å². The molecule has 94 valence electrons. The molecule has 0 saturated heterocycles. The van der Waals surface area contributed by atoms with Gasteiger partial charge in [-0.1, -0.05) is 25.0 Å². The Balaban J connectivity index is 1.74. The quantitative estimate of drug-likeness (QED) is 0.901. The Morgan fingerprint density at radius 2 is 1.89 bits per heavy atom. The molecular weight excluding hydrogens is 260 g/mol. The molecule has 0 spiro atoms. The van der Waals surface area contributed by atoms with Crippen LogP contribution in [0.4, 0.5) is 5.00 Å². The van der Waals surface area contributed by atoms with Crippen molar-refractivity contribution >= 4 is 28.1 Å². The number of benzene rings is 1. The van der Waals surface area contributed by atoms with Gasteiger partial charge >= 0.3 is 0 Å². The van der Waals surface area contributed by atoms with Gasteiger partial charge in [-0.15, -0.1) is 23.1 Å². The summed E-state index contributed by atoms with van der Waals surface area (Å²) in [5.41, 5.74) is 9.72. The maximum absolute atomic E-state index is 5.89. The van der Waals surface area contributed by atoms with Crippen molar-refractivity contribution in [1.29, 1.82) is 0 Å². The second-order valence-electron chi connectivity index (χ2n) is 4.61. The molecule has 1 heterocycles. The molecule has 0 aliphatic heterocycles. The molecule has 1 fully saturated rings. The molecule has 0 bridgehead atoms. The number of aromatic nitrogens is 1. The van der Waals surface area contributed by atoms with Crippen molar-refractivity contribution in [3.8, 4) is 11.3 Å². The first-order valence-electron chi connectivity index (χ1n) is 6.29. The van der Waals surface area contributed by atoms with Gasteiger partial charge in [0, 0.05) is 15.7 Å². The lowest BCUT2D eigenvalue weighted by atomic mass is 10.2. The van der Waals surface area contributed by atoms with Crippen molar-refractivity contribution in [1.82, 2.24) is 4.98 Å². The molecule has 0 radical (unpaired) electrons. The van der Waals surface area contributed by atoms with E-state index in [9.17, 15) is 0 Å². The molecule has 3 rings (SSSR count). The van der Waals surface area contributed by atoms with Crippen LogP contribution in [0.1, 0.15) is 25.7 Å². The number of hydrogen-bond donors (Lipinski definition) is 1. The van der Waals surface area contributed by atoms with Crippen molar-refractivity contribution in [2.75, 3.05) is 5.73 Å². The van der Waals surface area contributed by atoms with Gasteiger partial charge < -0.3 is 5.73 Å². The zero-order valence-electron chi connectivity index (χ0n) is 10.1. The Labute approximate surface area is 116 Å². The fourth-order valence-electron chi connectivity index (χ4n) is 2.36. The van der Waals surface area contributed by atoms with E-state index >= 15 is 0 Å². The van der Waals surface area contributed by atoms with Crippen LogP contribution in [-0.2, 0) is 0 Å². The third kappa shape index (κ3) is 2.54. The number of hydrogen-bond acceptors (Lipinski definition) is 4. The average molecular weight is 276 g/mol. The largest absolute Gasteiger partial charge is 0.389 e. The molecule has 0 amide bonds. The minimum Gasteiger partial charge on any atom is -0.389 e. The molecule has 1 aromatic heterocycles. The van der Waals surface area contributed by atoms with Gasteiger partial charge in [-0.25, -0.2) is 4.98 Å². The molecule has 2 nitrogen and oxygen atoms in total. The lowest BCUT2D eigenvalue weighted by Gasteiger charge is -2.08. The third-order valence-electron chi connectivity index (χ3n) is 3.33. The van der Waals surface area contributed by atoms with Gasteiger partial charge in [-0.2, -0.15) is 0 Å². The summed E-state index contributed by atoms with van der Waals surface area (Å²) in [6, 6.07) is 8.64. The van der Waals surface area contributed by atoms with Crippen LogP contribution in [-0.4, -0.2) is 10.2 Å². The van der Waals surface area contributed by atoms with Crippen molar-refractivity contribution < 1.29 is 0 Å². The zero-order valence-corrected chi connectivity index (χ0v) is 11.8. The fourth-order valence-corrected chi connectivity index (χ4v) is 4.16. The Morgan fingerprint density at radius 1 is 1.17 bits per heavy atom. The normalized spacial score (nSPS) is 16.2. The first-order chi connectivity index (χ1) is 8.83. The lowest BCUT2D eigenvalue weighted by molar-refractivity contribution is 0.886. The number of thioether (sulfide) groups is 1. The van der Waals surface area contributed by atoms with Crippen LogP contribution in [0.2, 0.25) is 0 Å². The molecular formula is C14H16N2S2. The molecule has 1 saturated carbocycles. The number of nitrogen functional groups attached to an aromatic ring is 1. The van der Waals surface area contributed by atoms with Crippen molar-refractivity contribution in [2.45, 2.75) is 35.8 Å². The summed E-state index contributed by atoms with van der Waals surface area (Å²) >= 11 is 3.50. The van der Waals surface area contributed by atoms with Crippen LogP contribution < -0.4 is 5.73 Å². The molecule has 2 N–H and O–H groups in total. The summed E-state index contributed by atoms with van der Waals surface area (Å²) in [5, 5.41) is 1.62. The van der Waals surface area contributed by atoms with E-state index in [0.717, 1.165) is 21.5 Å². The minimum atomic E-state index is 0.797. The highest BCUT2D eigenvalue weighted by Gasteiger charge is 2.16. The first-order valence-corrected chi connectivity index (χ1v) is 8.05. The Kier molecular flexibility index (Phi) is 3.57. The summed E-state index contributed by atoms with van der Waals surface area (Å²) in [7, 11) is 0. The van der Waals surface area contributed by atoms with Gasteiger partial charge in [0.1, 0.15) is 10.7 Å². The Morgan fingerprint density at radius 3 is 2.50 bits per heavy atom. The molecule has 4 heteroatoms. The number of rotatable bonds is 3. The van der Waals surface area contributed by atoms with Crippen molar-refractivity contribution in [3.05, 3.63) is 29.8 Å². The standard InChI is InChI=1S/C14H16N2S2/c15-14-13(16-9-17-14)10-5-7-12(8-6-10)18-11-3-1-2-4-11/h5-9,11H,1-4,15H2. The first kappa shape index (κ1) is 12.1. The monoisotopic (exact) mass is 276 g/mol. The summed E-state index contributed by atoms with van der Waals surface area (Å²) in [6.45, 7) is 0. The summed E-state index contributed by atoms with van der Waals surface area (Å²) in [4.78, 5) is 5.67. The number of anilines is 1. The predicted octanol–water partition coefficient (Wildman–Crippen LogP) is 4.43. The highest BCUT2D eigenvalue weighted by molar-refractivity contribution is 8.00. The van der Waals surface area contributed by atoms with Gasteiger partial charge in [0.05, 0.1) is 5.51 Å². The van der Waals surface area contributed by atoms with E-state index in [1.807, 2.05) is 11.8 Å². The van der Waals surface area contributed by atoms with E-state index in [4.69, 9.17) is 5.73 Å². The molecule has 0 unspecified atom stereocenters. The topological polar surface area (TPSA) is 38.9 Å². The molecule has 18 heavy (non-hydrogen) atoms. The van der Waals surface area contributed by atoms with Crippen molar-refractivity contribution in [2.24, 2.45) is 0 Å². The number of nitrogens with zero attached hydrogens (tertiary/aromatic N) is 1. The van der Waals surface area contributed by atoms with Gasteiger partial charge in [0.2, 0.25) is 0 Å². The van der Waals surface area contributed by atoms with Gasteiger partial charge in [0.25, 0.3) is 0 Å². The van der Waals surface area contributed by atoms with E-state index in [0.29, 0.717) is 0 Å². The second kappa shape index (κ2) is 5.33. The highest BCUT2D eigenvalue weighted by atomic mass is 32.2. The predicted molar refractivity (Wildman–Crippen MR) is 80.1 cm³/mol. The zero-order chi connectivity index (χ0) is 12.4. The van der Waals surface area contributed by atoms with E-state index in [-0.39, 0.29) is 0 Å². The minimum absolute atomic E-state index is 0.797. The smallest absolute Gasteiger partial charge is 0.114 e. The van der Waals surface area contributed by atoms with Crippen LogP contribution in [0.3, 0.4) is 0 Å². The lowest BCUT2D eigenvalue weighted by Crippen LogP contribution is -1.93. The van der Waals surface area contributed by atoms with E-state index in [1.54, 1.807) is 5.51 Å². The van der Waals surface area contributed by atoms with Crippen molar-refractivity contribution in [3.63, 3.8) is 0 Å². The Hall–Kier alpha value is -1.00. The maximum atomic E-state index is 5.89. The van der Waals surface area contributed by atoms with Crippen LogP contribution in [0.25, 0.3) is 11.3 Å². The molecule has 1 aliphatic carbocycles. The molecule has 0 atom stereocenters. The second-order valence-corrected chi connectivity index (χ2v) is 6.87. The Bertz CT molecular complexity index is 513. The summed E-state index contributed by atoms with van der Waals surface area (Å²) < 4.78 is 0. The number of thiazole rings is 1. The van der Waals surface area contributed by atoms with Crippen LogP contribution in [0.15, 0.2) is 34.7 Å².